The van der Waals surface area contributed by atoms with Gasteiger partial charge in [-0.1, -0.05) is 26.2 Å². The van der Waals surface area contributed by atoms with E-state index in [1.54, 1.807) is 0 Å². The Kier molecular flexibility index (Phi) is 4.94. The van der Waals surface area contributed by atoms with E-state index in [4.69, 9.17) is 5.11 Å². The van der Waals surface area contributed by atoms with E-state index in [1.165, 1.54) is 6.92 Å². The molecule has 1 fully saturated rings. The molecule has 0 aromatic carbocycles. The lowest BCUT2D eigenvalue weighted by Crippen LogP contribution is -2.47. The van der Waals surface area contributed by atoms with Gasteiger partial charge in [-0.15, -0.1) is 0 Å². The molecule has 0 amide bonds. The van der Waals surface area contributed by atoms with Gasteiger partial charge in [-0.05, 0) is 25.7 Å². The van der Waals surface area contributed by atoms with E-state index < -0.39 is 21.2 Å². The zero-order valence-electron chi connectivity index (χ0n) is 10.3. The Labute approximate surface area is 103 Å². The van der Waals surface area contributed by atoms with Crippen molar-refractivity contribution in [2.75, 3.05) is 0 Å². The minimum Gasteiger partial charge on any atom is -0.480 e. The second-order valence-corrected chi connectivity index (χ2v) is 6.74. The highest BCUT2D eigenvalue weighted by Gasteiger charge is 2.33. The first-order valence-corrected chi connectivity index (χ1v) is 7.67. The van der Waals surface area contributed by atoms with Crippen molar-refractivity contribution in [2.24, 2.45) is 5.92 Å². The van der Waals surface area contributed by atoms with Crippen LogP contribution in [0.25, 0.3) is 0 Å². The standard InChI is InChI=1S/C11H21NO4S/c1-3-9-6-4-5-7-10(9)12-17(15,16)8(2)11(13)14/h8-10,12H,3-7H2,1-2H3,(H,13,14). The number of hydrogen-bond acceptors (Lipinski definition) is 3. The zero-order valence-corrected chi connectivity index (χ0v) is 11.2. The Hall–Kier alpha value is -0.620. The summed E-state index contributed by atoms with van der Waals surface area (Å²) < 4.78 is 26.2. The molecule has 17 heavy (non-hydrogen) atoms. The lowest BCUT2D eigenvalue weighted by atomic mass is 9.83. The third-order valence-corrected chi connectivity index (χ3v) is 5.33. The molecule has 5 nitrogen and oxygen atoms in total. The van der Waals surface area contributed by atoms with Gasteiger partial charge in [-0.3, -0.25) is 4.79 Å². The minimum atomic E-state index is -3.75. The lowest BCUT2D eigenvalue weighted by molar-refractivity contribution is -0.136. The molecule has 0 aromatic heterocycles. The third kappa shape index (κ3) is 3.67. The molecule has 6 heteroatoms. The van der Waals surface area contributed by atoms with Gasteiger partial charge < -0.3 is 5.11 Å². The van der Waals surface area contributed by atoms with Crippen molar-refractivity contribution in [1.29, 1.82) is 0 Å². The van der Waals surface area contributed by atoms with Crippen LogP contribution in [0.5, 0.6) is 0 Å². The maximum absolute atomic E-state index is 11.8. The topological polar surface area (TPSA) is 83.5 Å². The molecule has 1 saturated carbocycles. The van der Waals surface area contributed by atoms with Gasteiger partial charge in [0.1, 0.15) is 0 Å². The Morgan fingerprint density at radius 2 is 2.00 bits per heavy atom. The summed E-state index contributed by atoms with van der Waals surface area (Å²) in [6.45, 7) is 3.24. The summed E-state index contributed by atoms with van der Waals surface area (Å²) in [7, 11) is -3.75. The Balaban J connectivity index is 2.72. The molecule has 3 atom stereocenters. The normalized spacial score (nSPS) is 27.6. The van der Waals surface area contributed by atoms with E-state index >= 15 is 0 Å². The first kappa shape index (κ1) is 14.4. The predicted octanol–water partition coefficient (Wildman–Crippen LogP) is 1.35. The van der Waals surface area contributed by atoms with Crippen molar-refractivity contribution >= 4 is 16.0 Å². The fourth-order valence-corrected chi connectivity index (χ4v) is 3.50. The average molecular weight is 263 g/mol. The molecule has 0 radical (unpaired) electrons. The molecule has 0 saturated heterocycles. The number of carboxylic acid groups (broad SMARTS) is 1. The monoisotopic (exact) mass is 263 g/mol. The number of hydrogen-bond donors (Lipinski definition) is 2. The Morgan fingerprint density at radius 1 is 1.41 bits per heavy atom. The summed E-state index contributed by atoms with van der Waals surface area (Å²) >= 11 is 0. The SMILES string of the molecule is CCC1CCCCC1NS(=O)(=O)C(C)C(=O)O. The highest BCUT2D eigenvalue weighted by molar-refractivity contribution is 7.90. The lowest BCUT2D eigenvalue weighted by Gasteiger charge is -2.31. The van der Waals surface area contributed by atoms with E-state index in [-0.39, 0.29) is 6.04 Å². The van der Waals surface area contributed by atoms with Crippen LogP contribution in [0.1, 0.15) is 46.0 Å². The molecule has 0 aromatic rings. The molecule has 0 aliphatic heterocycles. The molecule has 1 aliphatic carbocycles. The van der Waals surface area contributed by atoms with Gasteiger partial charge >= 0.3 is 5.97 Å². The van der Waals surface area contributed by atoms with Gasteiger partial charge in [0.25, 0.3) is 0 Å². The number of nitrogens with one attached hydrogen (secondary N) is 1. The molecule has 0 heterocycles. The van der Waals surface area contributed by atoms with Gasteiger partial charge in [-0.2, -0.15) is 0 Å². The highest BCUT2D eigenvalue weighted by atomic mass is 32.2. The maximum atomic E-state index is 11.8. The molecule has 3 unspecified atom stereocenters. The summed E-state index contributed by atoms with van der Waals surface area (Å²) in [4.78, 5) is 10.7. The van der Waals surface area contributed by atoms with Crippen LogP contribution in [0.15, 0.2) is 0 Å². The van der Waals surface area contributed by atoms with E-state index in [9.17, 15) is 13.2 Å². The van der Waals surface area contributed by atoms with Crippen LogP contribution in [0.2, 0.25) is 0 Å². The quantitative estimate of drug-likeness (QED) is 0.784. The second-order valence-electron chi connectivity index (χ2n) is 4.70. The molecule has 0 spiro atoms. The van der Waals surface area contributed by atoms with Crippen molar-refractivity contribution in [2.45, 2.75) is 57.2 Å². The first-order chi connectivity index (χ1) is 7.88. The third-order valence-electron chi connectivity index (χ3n) is 3.56. The van der Waals surface area contributed by atoms with Gasteiger partial charge in [0.15, 0.2) is 5.25 Å². The van der Waals surface area contributed by atoms with Crippen molar-refractivity contribution in [3.05, 3.63) is 0 Å². The van der Waals surface area contributed by atoms with Crippen molar-refractivity contribution in [1.82, 2.24) is 4.72 Å². The highest BCUT2D eigenvalue weighted by Crippen LogP contribution is 2.27. The van der Waals surface area contributed by atoms with Crippen LogP contribution >= 0.6 is 0 Å². The largest absolute Gasteiger partial charge is 0.480 e. The summed E-state index contributed by atoms with van der Waals surface area (Å²) in [6, 6.07) is -0.0967. The fraction of sp³-hybridized carbons (Fsp3) is 0.909. The van der Waals surface area contributed by atoms with Crippen LogP contribution in [-0.4, -0.2) is 30.8 Å². The van der Waals surface area contributed by atoms with Crippen LogP contribution in [0, 0.1) is 5.92 Å². The van der Waals surface area contributed by atoms with Gasteiger partial charge in [0, 0.05) is 6.04 Å². The first-order valence-electron chi connectivity index (χ1n) is 6.12. The fourth-order valence-electron chi connectivity index (χ4n) is 2.30. The van der Waals surface area contributed by atoms with Crippen molar-refractivity contribution in [3.8, 4) is 0 Å². The summed E-state index contributed by atoms with van der Waals surface area (Å²) in [6.07, 6.45) is 4.89. The molecular formula is C11H21NO4S. The summed E-state index contributed by atoms with van der Waals surface area (Å²) in [5.74, 6) is -0.971. The number of carbonyl (C=O) groups is 1. The maximum Gasteiger partial charge on any atom is 0.323 e. The van der Waals surface area contributed by atoms with Gasteiger partial charge in [-0.25, -0.2) is 13.1 Å². The average Bonchev–Trinajstić information content (AvgIpc) is 2.28. The van der Waals surface area contributed by atoms with Gasteiger partial charge in [0.05, 0.1) is 0 Å². The number of rotatable bonds is 5. The molecule has 0 bridgehead atoms. The zero-order chi connectivity index (χ0) is 13.1. The molecule has 2 N–H and O–H groups in total. The molecule has 100 valence electrons. The van der Waals surface area contributed by atoms with Crippen LogP contribution in [0.3, 0.4) is 0 Å². The Bertz CT molecular complexity index is 366. The van der Waals surface area contributed by atoms with E-state index in [0.29, 0.717) is 5.92 Å². The van der Waals surface area contributed by atoms with Crippen molar-refractivity contribution in [3.63, 3.8) is 0 Å². The van der Waals surface area contributed by atoms with Crippen LogP contribution < -0.4 is 4.72 Å². The summed E-state index contributed by atoms with van der Waals surface area (Å²) in [5.41, 5.74) is 0. The number of sulfonamides is 1. The Morgan fingerprint density at radius 3 is 2.53 bits per heavy atom. The van der Waals surface area contributed by atoms with E-state index in [1.807, 2.05) is 6.92 Å². The number of aliphatic carboxylic acids is 1. The van der Waals surface area contributed by atoms with E-state index in [0.717, 1.165) is 32.1 Å². The van der Waals surface area contributed by atoms with Crippen LogP contribution in [0.4, 0.5) is 0 Å². The smallest absolute Gasteiger partial charge is 0.323 e. The summed E-state index contributed by atoms with van der Waals surface area (Å²) in [5, 5.41) is 7.36. The van der Waals surface area contributed by atoms with Crippen molar-refractivity contribution < 1.29 is 18.3 Å². The molecular weight excluding hydrogens is 242 g/mol. The second kappa shape index (κ2) is 5.82. The number of carboxylic acids is 1. The molecule has 1 rings (SSSR count). The van der Waals surface area contributed by atoms with E-state index in [2.05, 4.69) is 4.72 Å². The van der Waals surface area contributed by atoms with Gasteiger partial charge in [0.2, 0.25) is 10.0 Å². The molecule has 1 aliphatic rings. The predicted molar refractivity (Wildman–Crippen MR) is 65.2 cm³/mol. The minimum absolute atomic E-state index is 0.0967. The van der Waals surface area contributed by atoms with Crippen LogP contribution in [-0.2, 0) is 14.8 Å².